The fraction of sp³-hybridized carbons (Fsp3) is 0.727. The van der Waals surface area contributed by atoms with Crippen LogP contribution in [0.2, 0.25) is 0 Å². The lowest BCUT2D eigenvalue weighted by Crippen LogP contribution is -2.44. The van der Waals surface area contributed by atoms with Gasteiger partial charge < -0.3 is 9.64 Å². The van der Waals surface area contributed by atoms with Gasteiger partial charge in [0.1, 0.15) is 11.8 Å². The Balaban J connectivity index is 2.19. The molecule has 5 nitrogen and oxygen atoms in total. The zero-order valence-corrected chi connectivity index (χ0v) is 9.27. The molecule has 0 aromatic heterocycles. The van der Waals surface area contributed by atoms with Gasteiger partial charge in [-0.05, 0) is 19.3 Å². The summed E-state index contributed by atoms with van der Waals surface area (Å²) in [5, 5.41) is 0. The standard InChI is InChI=1S/C11H15NO4/c1-16-11(15)9-5-3-7-2-4-8(13)6-10(14)12(7)9/h7,9H,2-6H2,1H3/t7?,9-/m0/s1. The first-order valence-corrected chi connectivity index (χ1v) is 5.54. The first kappa shape index (κ1) is 11.1. The largest absolute Gasteiger partial charge is 0.467 e. The van der Waals surface area contributed by atoms with Crippen molar-refractivity contribution in [1.82, 2.24) is 4.90 Å². The molecule has 88 valence electrons. The van der Waals surface area contributed by atoms with Crippen molar-refractivity contribution in [3.63, 3.8) is 0 Å². The minimum atomic E-state index is -0.478. The van der Waals surface area contributed by atoms with Crippen molar-refractivity contribution in [2.45, 2.75) is 44.2 Å². The van der Waals surface area contributed by atoms with Crippen LogP contribution in [0.3, 0.4) is 0 Å². The third-order valence-electron chi connectivity index (χ3n) is 3.37. The molecular formula is C11H15NO4. The van der Waals surface area contributed by atoms with E-state index in [-0.39, 0.29) is 30.1 Å². The summed E-state index contributed by atoms with van der Waals surface area (Å²) in [5.41, 5.74) is 0. The molecule has 2 fully saturated rings. The van der Waals surface area contributed by atoms with E-state index >= 15 is 0 Å². The molecule has 16 heavy (non-hydrogen) atoms. The number of rotatable bonds is 1. The van der Waals surface area contributed by atoms with Gasteiger partial charge >= 0.3 is 5.97 Å². The SMILES string of the molecule is COC(=O)[C@@H]1CCC2CCC(=O)CC(=O)N21. The molecule has 0 aliphatic carbocycles. The minimum Gasteiger partial charge on any atom is -0.467 e. The second-order valence-electron chi connectivity index (χ2n) is 4.33. The zero-order chi connectivity index (χ0) is 11.7. The number of fused-ring (bicyclic) bond motifs is 1. The Bertz CT molecular complexity index is 339. The number of hydrogen-bond acceptors (Lipinski definition) is 4. The van der Waals surface area contributed by atoms with Gasteiger partial charge in [0.25, 0.3) is 0 Å². The van der Waals surface area contributed by atoms with Crippen molar-refractivity contribution in [2.24, 2.45) is 0 Å². The molecule has 0 aromatic rings. The van der Waals surface area contributed by atoms with Crippen LogP contribution in [0, 0.1) is 0 Å². The number of carbonyl (C=O) groups is 3. The van der Waals surface area contributed by atoms with Crippen molar-refractivity contribution in [2.75, 3.05) is 7.11 Å². The summed E-state index contributed by atoms with van der Waals surface area (Å²) in [4.78, 5) is 36.2. The molecule has 2 aliphatic heterocycles. The molecule has 2 rings (SSSR count). The molecule has 1 unspecified atom stereocenters. The number of amides is 1. The molecule has 0 bridgehead atoms. The van der Waals surface area contributed by atoms with E-state index in [0.29, 0.717) is 19.3 Å². The number of ether oxygens (including phenoxy) is 1. The Kier molecular flexibility index (Phi) is 2.94. The van der Waals surface area contributed by atoms with Gasteiger partial charge in [-0.15, -0.1) is 0 Å². The van der Waals surface area contributed by atoms with E-state index in [1.807, 2.05) is 0 Å². The van der Waals surface area contributed by atoms with Crippen molar-refractivity contribution in [3.05, 3.63) is 0 Å². The third kappa shape index (κ3) is 1.81. The van der Waals surface area contributed by atoms with Gasteiger partial charge in [-0.2, -0.15) is 0 Å². The monoisotopic (exact) mass is 225 g/mol. The summed E-state index contributed by atoms with van der Waals surface area (Å²) < 4.78 is 4.68. The van der Waals surface area contributed by atoms with Gasteiger partial charge in [-0.3, -0.25) is 9.59 Å². The molecule has 2 atom stereocenters. The maximum Gasteiger partial charge on any atom is 0.328 e. The summed E-state index contributed by atoms with van der Waals surface area (Å²) in [6.07, 6.45) is 2.50. The number of ketones is 1. The van der Waals surface area contributed by atoms with Gasteiger partial charge in [0.15, 0.2) is 0 Å². The predicted octanol–water partition coefficient (Wildman–Crippen LogP) is 0.272. The maximum absolute atomic E-state index is 11.8. The van der Waals surface area contributed by atoms with E-state index in [0.717, 1.165) is 6.42 Å². The highest BCUT2D eigenvalue weighted by Gasteiger charge is 2.43. The van der Waals surface area contributed by atoms with Gasteiger partial charge in [0.05, 0.1) is 13.5 Å². The molecule has 1 amide bonds. The van der Waals surface area contributed by atoms with Crippen LogP contribution in [0.15, 0.2) is 0 Å². The van der Waals surface area contributed by atoms with Crippen LogP contribution in [0.25, 0.3) is 0 Å². The van der Waals surface area contributed by atoms with E-state index in [2.05, 4.69) is 4.74 Å². The molecule has 0 radical (unpaired) electrons. The van der Waals surface area contributed by atoms with Crippen LogP contribution in [0.4, 0.5) is 0 Å². The van der Waals surface area contributed by atoms with Crippen LogP contribution in [0.5, 0.6) is 0 Å². The Labute approximate surface area is 93.7 Å². The summed E-state index contributed by atoms with van der Waals surface area (Å²) in [5.74, 6) is -0.617. The highest BCUT2D eigenvalue weighted by Crippen LogP contribution is 2.31. The topological polar surface area (TPSA) is 63.7 Å². The molecule has 0 aromatic carbocycles. The fourth-order valence-electron chi connectivity index (χ4n) is 2.59. The Hall–Kier alpha value is -1.39. The second kappa shape index (κ2) is 4.23. The zero-order valence-electron chi connectivity index (χ0n) is 9.27. The van der Waals surface area contributed by atoms with E-state index in [9.17, 15) is 14.4 Å². The van der Waals surface area contributed by atoms with Crippen LogP contribution in [-0.2, 0) is 19.1 Å². The molecule has 2 heterocycles. The molecule has 0 N–H and O–H groups in total. The highest BCUT2D eigenvalue weighted by molar-refractivity contribution is 6.00. The van der Waals surface area contributed by atoms with E-state index in [4.69, 9.17) is 0 Å². The summed E-state index contributed by atoms with van der Waals surface area (Å²) in [7, 11) is 1.32. The highest BCUT2D eigenvalue weighted by atomic mass is 16.5. The lowest BCUT2D eigenvalue weighted by Gasteiger charge is -2.26. The average Bonchev–Trinajstić information content (AvgIpc) is 2.63. The van der Waals surface area contributed by atoms with E-state index < -0.39 is 6.04 Å². The van der Waals surface area contributed by atoms with Crippen LogP contribution in [-0.4, -0.2) is 41.8 Å². The number of nitrogens with zero attached hydrogens (tertiary/aromatic N) is 1. The van der Waals surface area contributed by atoms with Crippen LogP contribution in [0.1, 0.15) is 32.1 Å². The Morgan fingerprint density at radius 1 is 1.31 bits per heavy atom. The lowest BCUT2D eigenvalue weighted by atomic mass is 10.1. The third-order valence-corrected chi connectivity index (χ3v) is 3.37. The van der Waals surface area contributed by atoms with Crippen molar-refractivity contribution in [3.8, 4) is 0 Å². The molecule has 0 saturated carbocycles. The van der Waals surface area contributed by atoms with Crippen molar-refractivity contribution >= 4 is 17.7 Å². The summed E-state index contributed by atoms with van der Waals surface area (Å²) in [6.45, 7) is 0. The van der Waals surface area contributed by atoms with Gasteiger partial charge in [-0.25, -0.2) is 4.79 Å². The van der Waals surface area contributed by atoms with Crippen LogP contribution < -0.4 is 0 Å². The maximum atomic E-state index is 11.8. The minimum absolute atomic E-state index is 0.0250. The normalized spacial score (nSPS) is 29.9. The van der Waals surface area contributed by atoms with E-state index in [1.165, 1.54) is 7.11 Å². The summed E-state index contributed by atoms with van der Waals surface area (Å²) in [6, 6.07) is -0.434. The number of methoxy groups -OCH3 is 1. The van der Waals surface area contributed by atoms with Crippen LogP contribution >= 0.6 is 0 Å². The Morgan fingerprint density at radius 2 is 2.06 bits per heavy atom. The smallest absolute Gasteiger partial charge is 0.328 e. The molecule has 2 aliphatic rings. The fourth-order valence-corrected chi connectivity index (χ4v) is 2.59. The van der Waals surface area contributed by atoms with Gasteiger partial charge in [-0.1, -0.05) is 0 Å². The molecule has 5 heteroatoms. The average molecular weight is 225 g/mol. The number of esters is 1. The lowest BCUT2D eigenvalue weighted by molar-refractivity contribution is -0.152. The molecule has 0 spiro atoms. The predicted molar refractivity (Wildman–Crippen MR) is 54.5 cm³/mol. The first-order valence-electron chi connectivity index (χ1n) is 5.54. The molecule has 2 saturated heterocycles. The number of Topliss-reactive ketones (excluding diaryl/α,β-unsaturated/α-hetero) is 1. The second-order valence-corrected chi connectivity index (χ2v) is 4.33. The number of carbonyl (C=O) groups excluding carboxylic acids is 3. The van der Waals surface area contributed by atoms with Gasteiger partial charge in [0.2, 0.25) is 5.91 Å². The summed E-state index contributed by atoms with van der Waals surface area (Å²) >= 11 is 0. The van der Waals surface area contributed by atoms with Crippen molar-refractivity contribution in [1.29, 1.82) is 0 Å². The Morgan fingerprint density at radius 3 is 2.75 bits per heavy atom. The first-order chi connectivity index (χ1) is 7.63. The quantitative estimate of drug-likeness (QED) is 0.474. The van der Waals surface area contributed by atoms with E-state index in [1.54, 1.807) is 4.90 Å². The van der Waals surface area contributed by atoms with Gasteiger partial charge in [0, 0.05) is 12.5 Å². The number of hydrogen-bond donors (Lipinski definition) is 0. The molecular weight excluding hydrogens is 210 g/mol. The van der Waals surface area contributed by atoms with Crippen molar-refractivity contribution < 1.29 is 19.1 Å².